The van der Waals surface area contributed by atoms with Gasteiger partial charge in [-0.05, 0) is 37.5 Å². The number of hydrogen-bond donors (Lipinski definition) is 2. The zero-order chi connectivity index (χ0) is 33.5. The van der Waals surface area contributed by atoms with Crippen LogP contribution >= 0.6 is 7.82 Å². The Kier molecular flexibility index (Phi) is 10.2. The lowest BCUT2D eigenvalue weighted by Gasteiger charge is -2.45. The average Bonchev–Trinajstić information content (AvgIpc) is 3.02. The Balaban J connectivity index is 1.77. The number of carbonyl (C=O) groups excluding carboxylic acids is 1. The molecule has 0 radical (unpaired) electrons. The van der Waals surface area contributed by atoms with Crippen LogP contribution in [0.15, 0.2) is 91.0 Å². The Hall–Kier alpha value is -2.92. The molecule has 0 amide bonds. The highest BCUT2D eigenvalue weighted by molar-refractivity contribution is 7.46. The third kappa shape index (κ3) is 10.3. The molecule has 11 heteroatoms. The molecule has 3 aromatic carbocycles. The van der Waals surface area contributed by atoms with E-state index in [9.17, 15) is 19.1 Å². The van der Waals surface area contributed by atoms with Crippen molar-refractivity contribution in [3.8, 4) is 0 Å². The summed E-state index contributed by atoms with van der Waals surface area (Å²) in [5, 5.41) is 0. The number of benzene rings is 3. The maximum absolute atomic E-state index is 13.2. The molecular weight excluding hydrogens is 575 g/mol. The number of phosphoric ester groups is 1. The lowest BCUT2D eigenvalue weighted by atomic mass is 9.95. The highest BCUT2D eigenvalue weighted by Crippen LogP contribution is 2.43. The molecule has 10 nitrogen and oxygen atoms in total. The normalized spacial score (nSPS) is 25.9. The smallest absolute Gasteiger partial charge is 0.454 e. The maximum atomic E-state index is 13.2. The summed E-state index contributed by atoms with van der Waals surface area (Å²) in [6.07, 6.45) is -7.64. The van der Waals surface area contributed by atoms with Crippen molar-refractivity contribution in [2.24, 2.45) is 5.41 Å². The van der Waals surface area contributed by atoms with Crippen LogP contribution in [0.25, 0.3) is 0 Å². The highest BCUT2D eigenvalue weighted by Gasteiger charge is 2.52. The molecule has 1 heterocycles. The number of rotatable bonds is 13. The molecule has 4 rings (SSSR count). The first-order chi connectivity index (χ1) is 21.7. The van der Waals surface area contributed by atoms with E-state index < -0.39 is 69.7 Å². The summed E-state index contributed by atoms with van der Waals surface area (Å²) < 4.78 is 73.2. The van der Waals surface area contributed by atoms with Gasteiger partial charge in [0.25, 0.3) is 0 Å². The summed E-state index contributed by atoms with van der Waals surface area (Å²) in [7, 11) is -5.26. The van der Waals surface area contributed by atoms with Gasteiger partial charge >= 0.3 is 13.8 Å². The molecule has 0 spiro atoms. The predicted molar refractivity (Wildman–Crippen MR) is 157 cm³/mol. The fourth-order valence-electron chi connectivity index (χ4n) is 4.13. The Morgan fingerprint density at radius 3 is 1.72 bits per heavy atom. The average molecular weight is 618 g/mol. The van der Waals surface area contributed by atoms with Crippen LogP contribution in [0.5, 0.6) is 0 Å². The van der Waals surface area contributed by atoms with E-state index in [0.29, 0.717) is 16.7 Å². The van der Waals surface area contributed by atoms with E-state index >= 15 is 0 Å². The van der Waals surface area contributed by atoms with Crippen molar-refractivity contribution in [2.45, 2.75) is 71.2 Å². The van der Waals surface area contributed by atoms with Gasteiger partial charge in [0.15, 0.2) is 6.10 Å². The van der Waals surface area contributed by atoms with E-state index in [1.54, 1.807) is 112 Å². The van der Waals surface area contributed by atoms with Gasteiger partial charge in [-0.2, -0.15) is 0 Å². The third-order valence-corrected chi connectivity index (χ3v) is 6.77. The minimum atomic E-state index is -5.26. The van der Waals surface area contributed by atoms with E-state index in [2.05, 4.69) is 0 Å². The summed E-state index contributed by atoms with van der Waals surface area (Å²) in [5.41, 5.74) is 0.353. The minimum Gasteiger partial charge on any atom is -0.454 e. The summed E-state index contributed by atoms with van der Waals surface area (Å²) in [5.74, 6) is -0.774. The van der Waals surface area contributed by atoms with Gasteiger partial charge in [-0.25, -0.2) is 4.57 Å². The minimum absolute atomic E-state index is 0.385. The molecule has 232 valence electrons. The standard InChI is InChI=1S/C32H39O10P/c1-32(2,3)31(33)41-29-28(39-21-25-17-11-6-12-18-25)27(38-20-24-15-9-5-10-16-24)26(40-30(29)42-43(34,35)36)22-37-19-23-13-7-4-8-14-23/h4-18,26-30H,19-22H2,1-3H3,(H2,34,35,36)/t26-,27-,28+,29-,30?/m1/s1/i19D,20D,21D/t19?,20?,21?,26-,27-,28+,29-,30?. The lowest BCUT2D eigenvalue weighted by molar-refractivity contribution is -0.306. The molecule has 3 aromatic rings. The molecular formula is C32H39O10P. The van der Waals surface area contributed by atoms with Crippen molar-refractivity contribution in [1.82, 2.24) is 0 Å². The second-order valence-electron chi connectivity index (χ2n) is 10.9. The number of esters is 1. The molecule has 43 heavy (non-hydrogen) atoms. The Morgan fingerprint density at radius 1 is 0.791 bits per heavy atom. The van der Waals surface area contributed by atoms with Crippen molar-refractivity contribution in [3.63, 3.8) is 0 Å². The molecule has 0 saturated carbocycles. The summed E-state index contributed by atoms with van der Waals surface area (Å²) in [6.45, 7) is 0.469. The van der Waals surface area contributed by atoms with Crippen LogP contribution in [-0.2, 0) is 57.3 Å². The van der Waals surface area contributed by atoms with Crippen LogP contribution in [0.3, 0.4) is 0 Å². The fourth-order valence-corrected chi connectivity index (χ4v) is 4.57. The van der Waals surface area contributed by atoms with Crippen LogP contribution in [0, 0.1) is 5.41 Å². The molecule has 0 bridgehead atoms. The molecule has 2 N–H and O–H groups in total. The van der Waals surface area contributed by atoms with E-state index in [1.165, 1.54) is 0 Å². The van der Waals surface area contributed by atoms with Gasteiger partial charge in [-0.3, -0.25) is 9.32 Å². The van der Waals surface area contributed by atoms with E-state index in [-0.39, 0.29) is 6.61 Å². The van der Waals surface area contributed by atoms with Gasteiger partial charge in [0.2, 0.25) is 6.29 Å². The van der Waals surface area contributed by atoms with Crippen LogP contribution < -0.4 is 0 Å². The largest absolute Gasteiger partial charge is 0.472 e. The number of ether oxygens (including phenoxy) is 5. The molecule has 1 fully saturated rings. The van der Waals surface area contributed by atoms with Crippen LogP contribution in [0.2, 0.25) is 0 Å². The van der Waals surface area contributed by atoms with Gasteiger partial charge in [0, 0.05) is 0 Å². The zero-order valence-electron chi connectivity index (χ0n) is 27.1. The summed E-state index contributed by atoms with van der Waals surface area (Å²) in [6, 6.07) is 25.7. The molecule has 0 aromatic heterocycles. The molecule has 1 aliphatic rings. The van der Waals surface area contributed by atoms with Crippen molar-refractivity contribution in [1.29, 1.82) is 0 Å². The monoisotopic (exact) mass is 617 g/mol. The SMILES string of the molecule is [2H]C(OC[C@H]1OC(OP(=O)(O)O)[C@H](OC(=O)C(C)(C)C)[C@@H](OC([2H])c2ccccc2)[C@@H]1OC([2H])c1ccccc1)c1ccccc1. The molecule has 1 aliphatic heterocycles. The Labute approximate surface area is 256 Å². The maximum Gasteiger partial charge on any atom is 0.472 e. The first-order valence-electron chi connectivity index (χ1n) is 15.4. The van der Waals surface area contributed by atoms with Crippen LogP contribution in [0.1, 0.15) is 41.6 Å². The van der Waals surface area contributed by atoms with Gasteiger partial charge in [-0.1, -0.05) is 91.0 Å². The van der Waals surface area contributed by atoms with Crippen LogP contribution in [0.4, 0.5) is 0 Å². The summed E-state index contributed by atoms with van der Waals surface area (Å²) in [4.78, 5) is 32.8. The van der Waals surface area contributed by atoms with Gasteiger partial charge < -0.3 is 33.5 Å². The molecule has 4 unspecified atom stereocenters. The van der Waals surface area contributed by atoms with E-state index in [4.69, 9.17) is 32.3 Å². The van der Waals surface area contributed by atoms with Crippen LogP contribution in [-0.4, -0.2) is 53.1 Å². The topological polar surface area (TPSA) is 130 Å². The second kappa shape index (κ2) is 15.2. The predicted octanol–water partition coefficient (Wildman–Crippen LogP) is 5.17. The Bertz CT molecular complexity index is 1420. The van der Waals surface area contributed by atoms with Gasteiger partial charge in [-0.15, -0.1) is 0 Å². The molecule has 1 saturated heterocycles. The zero-order valence-corrected chi connectivity index (χ0v) is 25.0. The lowest BCUT2D eigenvalue weighted by Crippen LogP contribution is -2.62. The fraction of sp³-hybridized carbons (Fsp3) is 0.406. The third-order valence-electron chi connectivity index (χ3n) is 6.29. The van der Waals surface area contributed by atoms with E-state index in [1.807, 2.05) is 0 Å². The summed E-state index contributed by atoms with van der Waals surface area (Å²) >= 11 is 0. The van der Waals surface area contributed by atoms with Gasteiger partial charge in [0.1, 0.15) is 18.3 Å². The van der Waals surface area contributed by atoms with Crippen molar-refractivity contribution < 1.29 is 51.5 Å². The highest BCUT2D eigenvalue weighted by atomic mass is 31.2. The Morgan fingerprint density at radius 2 is 1.26 bits per heavy atom. The van der Waals surface area contributed by atoms with Gasteiger partial charge in [0.05, 0.1) is 35.9 Å². The first kappa shape index (κ1) is 28.8. The van der Waals surface area contributed by atoms with Crippen molar-refractivity contribution >= 4 is 13.8 Å². The van der Waals surface area contributed by atoms with Crippen molar-refractivity contribution in [2.75, 3.05) is 6.61 Å². The first-order valence-corrected chi connectivity index (χ1v) is 15.2. The quantitative estimate of drug-likeness (QED) is 0.196. The number of phosphoric acid groups is 1. The second-order valence-corrected chi connectivity index (χ2v) is 12.1. The molecule has 8 atom stereocenters. The van der Waals surface area contributed by atoms with Crippen molar-refractivity contribution in [3.05, 3.63) is 108 Å². The molecule has 0 aliphatic carbocycles. The number of hydrogen-bond acceptors (Lipinski definition) is 8. The van der Waals surface area contributed by atoms with E-state index in [0.717, 1.165) is 0 Å². The number of carbonyl (C=O) groups is 1.